The molecule has 0 saturated carbocycles. The van der Waals surface area contributed by atoms with E-state index in [4.69, 9.17) is 0 Å². The maximum Gasteiger partial charge on any atom is 0.251 e. The van der Waals surface area contributed by atoms with Crippen LogP contribution in [0.1, 0.15) is 53.3 Å². The van der Waals surface area contributed by atoms with Crippen LogP contribution in [-0.2, 0) is 11.2 Å². The monoisotopic (exact) mass is 418 g/mol. The first-order chi connectivity index (χ1) is 15.1. The van der Waals surface area contributed by atoms with Crippen LogP contribution >= 0.6 is 0 Å². The lowest BCUT2D eigenvalue weighted by molar-refractivity contribution is -0.117. The van der Waals surface area contributed by atoms with Crippen LogP contribution in [0.4, 0.5) is 10.1 Å². The summed E-state index contributed by atoms with van der Waals surface area (Å²) >= 11 is 0. The van der Waals surface area contributed by atoms with Crippen LogP contribution in [0.2, 0.25) is 0 Å². The predicted molar refractivity (Wildman–Crippen MR) is 115 cm³/mol. The van der Waals surface area contributed by atoms with Crippen LogP contribution in [0.3, 0.4) is 0 Å². The second kappa shape index (κ2) is 7.98. The standard InChI is InChI=1S/C24H23FN4O2/c25-19-8-1-2-10-22(19)29-21-11-4-9-20(18(21)15-26-29)27-24(31)16-6-3-7-17(14-16)28-13-5-12-23(28)30/h1-3,6-8,10,14-15,20H,4-5,9,11-13H2,(H,27,31)/t20-/m1/s1. The third kappa shape index (κ3) is 3.60. The van der Waals surface area contributed by atoms with Crippen molar-refractivity contribution in [2.75, 3.05) is 11.4 Å². The third-order valence-corrected chi connectivity index (χ3v) is 6.06. The number of hydrogen-bond donors (Lipinski definition) is 1. The molecule has 2 aliphatic rings. The van der Waals surface area contributed by atoms with Gasteiger partial charge in [-0.05, 0) is 56.0 Å². The minimum absolute atomic E-state index is 0.0926. The minimum atomic E-state index is -0.326. The van der Waals surface area contributed by atoms with E-state index in [2.05, 4.69) is 10.4 Å². The molecule has 0 radical (unpaired) electrons. The highest BCUT2D eigenvalue weighted by atomic mass is 19.1. The number of aromatic nitrogens is 2. The van der Waals surface area contributed by atoms with Gasteiger partial charge < -0.3 is 10.2 Å². The van der Waals surface area contributed by atoms with Crippen LogP contribution < -0.4 is 10.2 Å². The summed E-state index contributed by atoms with van der Waals surface area (Å²) in [6.45, 7) is 0.686. The average molecular weight is 418 g/mol. The van der Waals surface area contributed by atoms with Crippen molar-refractivity contribution in [3.05, 3.63) is 77.4 Å². The lowest BCUT2D eigenvalue weighted by Gasteiger charge is -2.24. The number of halogens is 1. The van der Waals surface area contributed by atoms with Crippen molar-refractivity contribution in [1.29, 1.82) is 0 Å². The summed E-state index contributed by atoms with van der Waals surface area (Å²) in [5.41, 5.74) is 3.54. The van der Waals surface area contributed by atoms with Gasteiger partial charge in [0.05, 0.1) is 12.2 Å². The molecule has 2 amide bonds. The summed E-state index contributed by atoms with van der Waals surface area (Å²) in [6, 6.07) is 13.6. The summed E-state index contributed by atoms with van der Waals surface area (Å²) in [5.74, 6) is -0.423. The van der Waals surface area contributed by atoms with Crippen molar-refractivity contribution in [3.8, 4) is 5.69 Å². The van der Waals surface area contributed by atoms with E-state index < -0.39 is 0 Å². The van der Waals surface area contributed by atoms with E-state index >= 15 is 0 Å². The quantitative estimate of drug-likeness (QED) is 0.698. The SMILES string of the molecule is O=C(N[C@@H]1CCCc2c1cnn2-c1ccccc1F)c1cccc(N2CCCC2=O)c1. The molecule has 1 aliphatic carbocycles. The molecule has 0 spiro atoms. The van der Waals surface area contributed by atoms with Crippen molar-refractivity contribution < 1.29 is 14.0 Å². The molecule has 1 N–H and O–H groups in total. The first-order valence-electron chi connectivity index (χ1n) is 10.6. The van der Waals surface area contributed by atoms with Crippen molar-refractivity contribution in [2.45, 2.75) is 38.1 Å². The molecule has 1 aliphatic heterocycles. The van der Waals surface area contributed by atoms with Gasteiger partial charge in [-0.25, -0.2) is 9.07 Å². The molecule has 2 heterocycles. The van der Waals surface area contributed by atoms with Gasteiger partial charge in [0.2, 0.25) is 5.91 Å². The number of hydrogen-bond acceptors (Lipinski definition) is 3. The number of rotatable bonds is 4. The third-order valence-electron chi connectivity index (χ3n) is 6.06. The van der Waals surface area contributed by atoms with Gasteiger partial charge in [-0.1, -0.05) is 18.2 Å². The number of para-hydroxylation sites is 1. The van der Waals surface area contributed by atoms with Gasteiger partial charge in [-0.3, -0.25) is 9.59 Å². The highest BCUT2D eigenvalue weighted by Gasteiger charge is 2.27. The maximum absolute atomic E-state index is 14.3. The van der Waals surface area contributed by atoms with E-state index in [9.17, 15) is 14.0 Å². The zero-order valence-corrected chi connectivity index (χ0v) is 17.1. The van der Waals surface area contributed by atoms with Crippen molar-refractivity contribution in [1.82, 2.24) is 15.1 Å². The Bertz CT molecular complexity index is 1160. The fourth-order valence-corrected chi connectivity index (χ4v) is 4.52. The normalized spacial score (nSPS) is 18.2. The number of anilines is 1. The Morgan fingerprint density at radius 3 is 2.77 bits per heavy atom. The Morgan fingerprint density at radius 2 is 1.97 bits per heavy atom. The van der Waals surface area contributed by atoms with Crippen LogP contribution in [0.25, 0.3) is 5.69 Å². The van der Waals surface area contributed by atoms with Crippen molar-refractivity contribution >= 4 is 17.5 Å². The average Bonchev–Trinajstić information content (AvgIpc) is 3.41. The number of amides is 2. The first-order valence-corrected chi connectivity index (χ1v) is 10.6. The molecule has 1 saturated heterocycles. The van der Waals surface area contributed by atoms with Crippen LogP contribution in [0, 0.1) is 5.82 Å². The molecular formula is C24H23FN4O2. The predicted octanol–water partition coefficient (Wildman–Crippen LogP) is 3.95. The lowest BCUT2D eigenvalue weighted by Crippen LogP contribution is -2.31. The van der Waals surface area contributed by atoms with E-state index in [1.54, 1.807) is 52.2 Å². The topological polar surface area (TPSA) is 67.2 Å². The van der Waals surface area contributed by atoms with Gasteiger partial charge >= 0.3 is 0 Å². The molecular weight excluding hydrogens is 395 g/mol. The molecule has 1 fully saturated rings. The van der Waals surface area contributed by atoms with Crippen molar-refractivity contribution in [2.24, 2.45) is 0 Å². The van der Waals surface area contributed by atoms with Crippen LogP contribution in [0.5, 0.6) is 0 Å². The van der Waals surface area contributed by atoms with Gasteiger partial charge in [0.1, 0.15) is 11.5 Å². The van der Waals surface area contributed by atoms with Gasteiger partial charge in [-0.2, -0.15) is 5.10 Å². The first kappa shape index (κ1) is 19.5. The zero-order valence-electron chi connectivity index (χ0n) is 17.1. The minimum Gasteiger partial charge on any atom is -0.345 e. The fourth-order valence-electron chi connectivity index (χ4n) is 4.52. The van der Waals surface area contributed by atoms with Gasteiger partial charge in [-0.15, -0.1) is 0 Å². The molecule has 31 heavy (non-hydrogen) atoms. The second-order valence-electron chi connectivity index (χ2n) is 8.03. The van der Waals surface area contributed by atoms with Gasteiger partial charge in [0, 0.05) is 35.5 Å². The van der Waals surface area contributed by atoms with Gasteiger partial charge in [0.15, 0.2) is 0 Å². The largest absolute Gasteiger partial charge is 0.345 e. The molecule has 1 aromatic heterocycles. The Hall–Kier alpha value is -3.48. The maximum atomic E-state index is 14.3. The summed E-state index contributed by atoms with van der Waals surface area (Å²) in [6.07, 6.45) is 5.57. The highest BCUT2D eigenvalue weighted by molar-refractivity contribution is 5.99. The molecule has 2 aromatic carbocycles. The highest BCUT2D eigenvalue weighted by Crippen LogP contribution is 2.32. The number of nitrogens with one attached hydrogen (secondary N) is 1. The Kier molecular flexibility index (Phi) is 5.02. The van der Waals surface area contributed by atoms with E-state index in [1.165, 1.54) is 6.07 Å². The molecule has 1 atom stereocenters. The van der Waals surface area contributed by atoms with Crippen molar-refractivity contribution in [3.63, 3.8) is 0 Å². The summed E-state index contributed by atoms with van der Waals surface area (Å²) < 4.78 is 15.9. The summed E-state index contributed by atoms with van der Waals surface area (Å²) in [7, 11) is 0. The number of fused-ring (bicyclic) bond motifs is 1. The Balaban J connectivity index is 1.38. The molecule has 6 nitrogen and oxygen atoms in total. The number of nitrogens with zero attached hydrogens (tertiary/aromatic N) is 3. The molecule has 0 bridgehead atoms. The molecule has 5 rings (SSSR count). The van der Waals surface area contributed by atoms with Crippen LogP contribution in [-0.4, -0.2) is 28.1 Å². The fraction of sp³-hybridized carbons (Fsp3) is 0.292. The summed E-state index contributed by atoms with van der Waals surface area (Å²) in [5, 5.41) is 7.53. The van der Waals surface area contributed by atoms with E-state index in [1.807, 2.05) is 6.07 Å². The molecule has 0 unspecified atom stereocenters. The Labute approximate surface area is 179 Å². The zero-order chi connectivity index (χ0) is 21.4. The van der Waals surface area contributed by atoms with E-state index in [-0.39, 0.29) is 23.7 Å². The molecule has 7 heteroatoms. The Morgan fingerprint density at radius 1 is 1.10 bits per heavy atom. The van der Waals surface area contributed by atoms with Gasteiger partial charge in [0.25, 0.3) is 5.91 Å². The second-order valence-corrected chi connectivity index (χ2v) is 8.03. The number of carbonyl (C=O) groups excluding carboxylic acids is 2. The number of carbonyl (C=O) groups is 2. The van der Waals surface area contributed by atoms with E-state index in [0.717, 1.165) is 42.6 Å². The molecule has 158 valence electrons. The summed E-state index contributed by atoms with van der Waals surface area (Å²) in [4.78, 5) is 26.8. The smallest absolute Gasteiger partial charge is 0.251 e. The van der Waals surface area contributed by atoms with E-state index in [0.29, 0.717) is 24.2 Å². The molecule has 3 aromatic rings. The lowest BCUT2D eigenvalue weighted by atomic mass is 9.92. The van der Waals surface area contributed by atoms with Crippen LogP contribution in [0.15, 0.2) is 54.7 Å². The number of benzene rings is 2.